The molecule has 1 unspecified atom stereocenters. The first-order valence-corrected chi connectivity index (χ1v) is 9.70. The molecule has 2 amide bonds. The van der Waals surface area contributed by atoms with Gasteiger partial charge in [-0.15, -0.1) is 0 Å². The van der Waals surface area contributed by atoms with Crippen LogP contribution in [0.4, 0.5) is 11.4 Å². The van der Waals surface area contributed by atoms with Crippen LogP contribution in [0.15, 0.2) is 66.7 Å². The van der Waals surface area contributed by atoms with E-state index in [9.17, 15) is 19.7 Å². The zero-order valence-corrected chi connectivity index (χ0v) is 16.5. The van der Waals surface area contributed by atoms with E-state index < -0.39 is 10.8 Å². The summed E-state index contributed by atoms with van der Waals surface area (Å²) in [5.41, 5.74) is 1.48. The summed E-state index contributed by atoms with van der Waals surface area (Å²) in [5.74, 6) is -0.661. The van der Waals surface area contributed by atoms with Crippen LogP contribution in [-0.2, 0) is 16.1 Å². The van der Waals surface area contributed by atoms with E-state index in [-0.39, 0.29) is 30.5 Å². The number of rotatable bonds is 5. The summed E-state index contributed by atoms with van der Waals surface area (Å²) in [6.07, 6.45) is 0.154. The quantitative estimate of drug-likeness (QED) is 0.480. The van der Waals surface area contributed by atoms with Crippen molar-refractivity contribution in [2.24, 2.45) is 5.92 Å². The minimum absolute atomic E-state index is 0.00785. The van der Waals surface area contributed by atoms with Crippen molar-refractivity contribution in [3.8, 4) is 0 Å². The van der Waals surface area contributed by atoms with Crippen LogP contribution in [0.3, 0.4) is 0 Å². The predicted octanol–water partition coefficient (Wildman–Crippen LogP) is 3.76. The Labute approximate surface area is 173 Å². The smallest absolute Gasteiger partial charge is 0.269 e. The van der Waals surface area contributed by atoms with E-state index in [1.165, 1.54) is 17.0 Å². The van der Waals surface area contributed by atoms with Crippen molar-refractivity contribution in [1.29, 1.82) is 0 Å². The van der Waals surface area contributed by atoms with E-state index in [1.807, 2.05) is 42.5 Å². The van der Waals surface area contributed by atoms with Gasteiger partial charge in [-0.3, -0.25) is 19.7 Å². The molecule has 0 spiro atoms. The normalized spacial score (nSPS) is 16.1. The van der Waals surface area contributed by atoms with Crippen molar-refractivity contribution in [3.05, 3.63) is 82.4 Å². The number of anilines is 1. The van der Waals surface area contributed by atoms with Gasteiger partial charge in [-0.2, -0.15) is 0 Å². The first-order valence-electron chi connectivity index (χ1n) is 9.70. The minimum Gasteiger partial charge on any atom is -0.341 e. The van der Waals surface area contributed by atoms with Gasteiger partial charge in [0, 0.05) is 44.1 Å². The van der Waals surface area contributed by atoms with Gasteiger partial charge in [0.25, 0.3) is 5.69 Å². The van der Waals surface area contributed by atoms with Crippen LogP contribution in [0.1, 0.15) is 12.0 Å². The van der Waals surface area contributed by atoms with Crippen LogP contribution in [-0.4, -0.2) is 35.2 Å². The molecule has 1 aliphatic heterocycles. The lowest BCUT2D eigenvalue weighted by molar-refractivity contribution is -0.384. The van der Waals surface area contributed by atoms with Crippen molar-refractivity contribution >= 4 is 34.0 Å². The number of nitro benzene ring substituents is 1. The van der Waals surface area contributed by atoms with E-state index >= 15 is 0 Å². The van der Waals surface area contributed by atoms with Crippen molar-refractivity contribution in [3.63, 3.8) is 0 Å². The molecule has 4 rings (SSSR count). The number of carbonyl (C=O) groups excluding carboxylic acids is 2. The topological polar surface area (TPSA) is 83.8 Å². The van der Waals surface area contributed by atoms with E-state index in [0.29, 0.717) is 12.1 Å². The van der Waals surface area contributed by atoms with Gasteiger partial charge in [0.1, 0.15) is 0 Å². The maximum absolute atomic E-state index is 13.0. The molecule has 1 heterocycles. The van der Waals surface area contributed by atoms with Crippen LogP contribution in [0.2, 0.25) is 0 Å². The molecule has 3 aromatic rings. The highest BCUT2D eigenvalue weighted by atomic mass is 16.6. The molecule has 0 aliphatic carbocycles. The summed E-state index contributed by atoms with van der Waals surface area (Å²) in [5, 5.41) is 13.0. The van der Waals surface area contributed by atoms with Gasteiger partial charge in [-0.25, -0.2) is 0 Å². The molecule has 1 saturated heterocycles. The monoisotopic (exact) mass is 403 g/mol. The fraction of sp³-hybridized carbons (Fsp3) is 0.217. The Balaban J connectivity index is 1.50. The number of carbonyl (C=O) groups is 2. The van der Waals surface area contributed by atoms with Gasteiger partial charge < -0.3 is 9.80 Å². The van der Waals surface area contributed by atoms with Crippen molar-refractivity contribution in [1.82, 2.24) is 4.90 Å². The van der Waals surface area contributed by atoms with Crippen LogP contribution in [0.25, 0.3) is 10.8 Å². The molecule has 152 valence electrons. The Kier molecular flexibility index (Phi) is 5.18. The van der Waals surface area contributed by atoms with Gasteiger partial charge in [0.05, 0.1) is 16.5 Å². The second kappa shape index (κ2) is 7.94. The summed E-state index contributed by atoms with van der Waals surface area (Å²) < 4.78 is 0. The highest BCUT2D eigenvalue weighted by Gasteiger charge is 2.37. The molecular formula is C23H21N3O4. The van der Waals surface area contributed by atoms with Gasteiger partial charge in [0.2, 0.25) is 11.8 Å². The lowest BCUT2D eigenvalue weighted by Gasteiger charge is -2.22. The second-order valence-corrected chi connectivity index (χ2v) is 7.52. The maximum atomic E-state index is 13.0. The first-order chi connectivity index (χ1) is 14.4. The number of benzene rings is 3. The molecule has 7 nitrogen and oxygen atoms in total. The van der Waals surface area contributed by atoms with E-state index in [1.54, 1.807) is 24.1 Å². The highest BCUT2D eigenvalue weighted by molar-refractivity contribution is 6.06. The van der Waals surface area contributed by atoms with E-state index in [0.717, 1.165) is 16.5 Å². The van der Waals surface area contributed by atoms with Crippen LogP contribution < -0.4 is 4.90 Å². The van der Waals surface area contributed by atoms with Crippen LogP contribution in [0.5, 0.6) is 0 Å². The molecule has 0 N–H and O–H groups in total. The molecule has 1 atom stereocenters. The molecule has 0 saturated carbocycles. The summed E-state index contributed by atoms with van der Waals surface area (Å²) >= 11 is 0. The van der Waals surface area contributed by atoms with Crippen molar-refractivity contribution in [2.45, 2.75) is 13.0 Å². The third-order valence-corrected chi connectivity index (χ3v) is 5.45. The Hall–Kier alpha value is -3.74. The minimum atomic E-state index is -0.455. The molecular weight excluding hydrogens is 382 g/mol. The van der Waals surface area contributed by atoms with Gasteiger partial charge in [-0.05, 0) is 17.0 Å². The largest absolute Gasteiger partial charge is 0.341 e. The van der Waals surface area contributed by atoms with Gasteiger partial charge >= 0.3 is 0 Å². The lowest BCUT2D eigenvalue weighted by atomic mass is 10.1. The molecule has 1 aliphatic rings. The van der Waals surface area contributed by atoms with Crippen LogP contribution in [0, 0.1) is 16.0 Å². The molecule has 1 fully saturated rings. The molecule has 7 heteroatoms. The zero-order chi connectivity index (χ0) is 21.3. The van der Waals surface area contributed by atoms with Crippen molar-refractivity contribution < 1.29 is 14.5 Å². The SMILES string of the molecule is CN(Cc1cccc([N+](=O)[O-])c1)C(=O)C1CC(=O)N(c2cccc3ccccc23)C1. The highest BCUT2D eigenvalue weighted by Crippen LogP contribution is 2.32. The Morgan fingerprint density at radius 1 is 1.13 bits per heavy atom. The summed E-state index contributed by atoms with van der Waals surface area (Å²) in [6.45, 7) is 0.574. The number of hydrogen-bond acceptors (Lipinski definition) is 4. The second-order valence-electron chi connectivity index (χ2n) is 7.52. The number of non-ortho nitro benzene ring substituents is 1. The fourth-order valence-corrected chi connectivity index (χ4v) is 3.98. The van der Waals surface area contributed by atoms with Gasteiger partial charge in [-0.1, -0.05) is 48.5 Å². The van der Waals surface area contributed by atoms with E-state index in [4.69, 9.17) is 0 Å². The predicted molar refractivity (Wildman–Crippen MR) is 114 cm³/mol. The fourth-order valence-electron chi connectivity index (χ4n) is 3.98. The average Bonchev–Trinajstić information content (AvgIpc) is 3.14. The number of nitro groups is 1. The maximum Gasteiger partial charge on any atom is 0.269 e. The zero-order valence-electron chi connectivity index (χ0n) is 16.5. The van der Waals surface area contributed by atoms with Crippen LogP contribution >= 0.6 is 0 Å². The number of nitrogens with zero attached hydrogens (tertiary/aromatic N) is 3. The summed E-state index contributed by atoms with van der Waals surface area (Å²) in [6, 6.07) is 19.9. The first kappa shape index (κ1) is 19.6. The third-order valence-electron chi connectivity index (χ3n) is 5.45. The molecule has 0 radical (unpaired) electrons. The van der Waals surface area contributed by atoms with Gasteiger partial charge in [0.15, 0.2) is 0 Å². The average molecular weight is 403 g/mol. The Morgan fingerprint density at radius 2 is 1.87 bits per heavy atom. The third kappa shape index (κ3) is 3.74. The standard InChI is InChI=1S/C23H21N3O4/c1-24(14-16-6-4-9-19(12-16)26(29)30)23(28)18-13-22(27)25(15-18)21-11-5-8-17-7-2-3-10-20(17)21/h2-12,18H,13-15H2,1H3. The Bertz CT molecular complexity index is 1140. The van der Waals surface area contributed by atoms with E-state index in [2.05, 4.69) is 0 Å². The Morgan fingerprint density at radius 3 is 2.67 bits per heavy atom. The molecule has 0 bridgehead atoms. The molecule has 30 heavy (non-hydrogen) atoms. The summed E-state index contributed by atoms with van der Waals surface area (Å²) in [7, 11) is 1.66. The van der Waals surface area contributed by atoms with Crippen molar-refractivity contribution in [2.75, 3.05) is 18.5 Å². The summed E-state index contributed by atoms with van der Waals surface area (Å²) in [4.78, 5) is 39.4. The number of hydrogen-bond donors (Lipinski definition) is 0. The number of amides is 2. The number of fused-ring (bicyclic) bond motifs is 1. The molecule has 3 aromatic carbocycles. The lowest BCUT2D eigenvalue weighted by Crippen LogP contribution is -2.34. The molecule has 0 aromatic heterocycles.